The van der Waals surface area contributed by atoms with Gasteiger partial charge >= 0.3 is 5.76 Å². The maximum Gasteiger partial charge on any atom is 0.350 e. The number of nitrogens with two attached hydrogens (primary N) is 1. The largest absolute Gasteiger partial charge is 0.386 e. The summed E-state index contributed by atoms with van der Waals surface area (Å²) in [5.74, 6) is -3.51. The maximum absolute atomic E-state index is 12.3. The van der Waals surface area contributed by atoms with Crippen molar-refractivity contribution in [1.29, 1.82) is 5.41 Å². The lowest BCUT2D eigenvalue weighted by molar-refractivity contribution is 0.223. The molecule has 0 atom stereocenters. The highest BCUT2D eigenvalue weighted by atomic mass is 32.2. The Kier molecular flexibility index (Phi) is 4.08. The minimum atomic E-state index is -4.72. The molecule has 0 saturated heterocycles. The first-order valence-electron chi connectivity index (χ1n) is 5.35. The molecule has 0 unspecified atom stereocenters. The monoisotopic (exact) mass is 269 g/mol. The van der Waals surface area contributed by atoms with Crippen LogP contribution in [0.25, 0.3) is 0 Å². The van der Waals surface area contributed by atoms with Gasteiger partial charge in [0.2, 0.25) is 0 Å². The molecule has 0 heterocycles. The zero-order valence-electron chi connectivity index (χ0n) is 9.54. The third-order valence-electron chi connectivity index (χ3n) is 3.22. The molecule has 0 amide bonds. The molecule has 5 nitrogen and oxygen atoms in total. The van der Waals surface area contributed by atoms with Gasteiger partial charge in [-0.05, 0) is 31.6 Å². The van der Waals surface area contributed by atoms with Crippen LogP contribution in [0.5, 0.6) is 0 Å². The van der Waals surface area contributed by atoms with Crippen molar-refractivity contribution in [2.24, 2.45) is 11.7 Å². The summed E-state index contributed by atoms with van der Waals surface area (Å²) in [5.41, 5.74) is 4.03. The summed E-state index contributed by atoms with van der Waals surface area (Å²) in [7, 11) is -4.72. The first-order chi connectivity index (χ1) is 7.69. The molecule has 100 valence electrons. The molecular formula is C9H17F2N3O2S. The van der Waals surface area contributed by atoms with E-state index >= 15 is 0 Å². The van der Waals surface area contributed by atoms with Gasteiger partial charge in [-0.3, -0.25) is 5.41 Å². The third-order valence-corrected chi connectivity index (χ3v) is 4.36. The fraction of sp³-hybridized carbons (Fsp3) is 0.889. The van der Waals surface area contributed by atoms with Gasteiger partial charge < -0.3 is 5.73 Å². The summed E-state index contributed by atoms with van der Waals surface area (Å²) in [6.45, 7) is 1.99. The van der Waals surface area contributed by atoms with Crippen LogP contribution >= 0.6 is 0 Å². The highest BCUT2D eigenvalue weighted by Gasteiger charge is 2.42. The number of hydrogen-bond donors (Lipinski definition) is 3. The molecule has 0 aliphatic heterocycles. The van der Waals surface area contributed by atoms with Crippen molar-refractivity contribution in [1.82, 2.24) is 4.72 Å². The van der Waals surface area contributed by atoms with E-state index in [9.17, 15) is 17.2 Å². The Labute approximate surface area is 99.3 Å². The van der Waals surface area contributed by atoms with Gasteiger partial charge in [-0.25, -0.2) is 8.42 Å². The zero-order chi connectivity index (χ0) is 13.3. The molecule has 4 N–H and O–H groups in total. The van der Waals surface area contributed by atoms with Gasteiger partial charge in [-0.1, -0.05) is 6.92 Å². The zero-order valence-corrected chi connectivity index (χ0v) is 10.4. The second kappa shape index (κ2) is 4.85. The minimum Gasteiger partial charge on any atom is -0.386 e. The predicted octanol–water partition coefficient (Wildman–Crippen LogP) is 1.01. The van der Waals surface area contributed by atoms with Gasteiger partial charge in [0, 0.05) is 0 Å². The van der Waals surface area contributed by atoms with Crippen LogP contribution in [0.3, 0.4) is 0 Å². The van der Waals surface area contributed by atoms with Crippen LogP contribution in [0.2, 0.25) is 0 Å². The van der Waals surface area contributed by atoms with Gasteiger partial charge in [0.25, 0.3) is 10.0 Å². The Bertz CT molecular complexity index is 389. The van der Waals surface area contributed by atoms with Crippen molar-refractivity contribution in [3.63, 3.8) is 0 Å². The standard InChI is InChI=1S/C9H17F2N3O2S/c1-6-2-4-9(5-3-6,7(12)13)14-17(15,16)8(10)11/h6,8,14H,2-5H2,1H3,(H3,12,13). The number of nitrogens with one attached hydrogen (secondary N) is 2. The number of amidine groups is 1. The lowest BCUT2D eigenvalue weighted by atomic mass is 9.77. The van der Waals surface area contributed by atoms with Crippen molar-refractivity contribution in [3.05, 3.63) is 0 Å². The van der Waals surface area contributed by atoms with E-state index < -0.39 is 27.2 Å². The second-order valence-electron chi connectivity index (χ2n) is 4.59. The van der Waals surface area contributed by atoms with Crippen LogP contribution < -0.4 is 10.5 Å². The summed E-state index contributed by atoms with van der Waals surface area (Å²) in [4.78, 5) is 0. The molecule has 1 aliphatic carbocycles. The van der Waals surface area contributed by atoms with Crippen molar-refractivity contribution >= 4 is 15.9 Å². The van der Waals surface area contributed by atoms with E-state index in [4.69, 9.17) is 11.1 Å². The van der Waals surface area contributed by atoms with Gasteiger partial charge in [0.1, 0.15) is 5.84 Å². The molecule has 0 radical (unpaired) electrons. The van der Waals surface area contributed by atoms with E-state index in [-0.39, 0.29) is 12.8 Å². The van der Waals surface area contributed by atoms with Crippen LogP contribution in [0, 0.1) is 11.3 Å². The van der Waals surface area contributed by atoms with Crippen molar-refractivity contribution in [2.45, 2.75) is 43.9 Å². The van der Waals surface area contributed by atoms with Crippen molar-refractivity contribution < 1.29 is 17.2 Å². The molecule has 1 aliphatic rings. The minimum absolute atomic E-state index is 0.287. The Morgan fingerprint density at radius 1 is 1.47 bits per heavy atom. The molecule has 0 aromatic rings. The van der Waals surface area contributed by atoms with E-state index in [0.29, 0.717) is 18.8 Å². The van der Waals surface area contributed by atoms with Gasteiger partial charge in [0.05, 0.1) is 5.54 Å². The lowest BCUT2D eigenvalue weighted by Crippen LogP contribution is -2.59. The Balaban J connectivity index is 2.92. The fourth-order valence-corrected chi connectivity index (χ4v) is 2.95. The summed E-state index contributed by atoms with van der Waals surface area (Å²) in [5, 5.41) is 7.43. The normalized spacial score (nSPS) is 30.5. The number of alkyl halides is 2. The predicted molar refractivity (Wildman–Crippen MR) is 60.3 cm³/mol. The molecule has 0 bridgehead atoms. The molecule has 1 saturated carbocycles. The first-order valence-corrected chi connectivity index (χ1v) is 6.90. The molecule has 0 spiro atoms. The van der Waals surface area contributed by atoms with E-state index in [2.05, 4.69) is 0 Å². The highest BCUT2D eigenvalue weighted by molar-refractivity contribution is 7.89. The quantitative estimate of drug-likeness (QED) is 0.525. The van der Waals surface area contributed by atoms with Crippen LogP contribution in [-0.2, 0) is 10.0 Å². The highest BCUT2D eigenvalue weighted by Crippen LogP contribution is 2.32. The molecule has 0 aromatic carbocycles. The summed E-state index contributed by atoms with van der Waals surface area (Å²) >= 11 is 0. The topological polar surface area (TPSA) is 96.0 Å². The molecule has 1 fully saturated rings. The molecule has 0 aromatic heterocycles. The second-order valence-corrected chi connectivity index (χ2v) is 6.24. The average Bonchev–Trinajstić information content (AvgIpc) is 2.21. The van der Waals surface area contributed by atoms with Gasteiger partial charge in [0.15, 0.2) is 0 Å². The SMILES string of the molecule is CC1CCC(NS(=O)(=O)C(F)F)(C(=N)N)CC1. The number of halogens is 2. The van der Waals surface area contributed by atoms with Gasteiger partial charge in [-0.15, -0.1) is 0 Å². The van der Waals surface area contributed by atoms with E-state index in [1.54, 1.807) is 0 Å². The fourth-order valence-electron chi connectivity index (χ4n) is 2.00. The lowest BCUT2D eigenvalue weighted by Gasteiger charge is -2.38. The van der Waals surface area contributed by atoms with Crippen LogP contribution in [-0.4, -0.2) is 25.5 Å². The van der Waals surface area contributed by atoms with Crippen molar-refractivity contribution in [3.8, 4) is 0 Å². The summed E-state index contributed by atoms with van der Waals surface area (Å²) < 4.78 is 48.9. The Morgan fingerprint density at radius 3 is 2.29 bits per heavy atom. The van der Waals surface area contributed by atoms with Gasteiger partial charge in [-0.2, -0.15) is 13.5 Å². The Hall–Kier alpha value is -0.760. The van der Waals surface area contributed by atoms with Crippen molar-refractivity contribution in [2.75, 3.05) is 0 Å². The van der Waals surface area contributed by atoms with Crippen LogP contribution in [0.15, 0.2) is 0 Å². The van der Waals surface area contributed by atoms with Crippen LogP contribution in [0.4, 0.5) is 8.78 Å². The Morgan fingerprint density at radius 2 is 1.94 bits per heavy atom. The maximum atomic E-state index is 12.3. The number of hydrogen-bond acceptors (Lipinski definition) is 3. The van der Waals surface area contributed by atoms with E-state index in [1.165, 1.54) is 0 Å². The number of sulfonamides is 1. The molecule has 17 heavy (non-hydrogen) atoms. The number of rotatable bonds is 4. The smallest absolute Gasteiger partial charge is 0.350 e. The van der Waals surface area contributed by atoms with E-state index in [0.717, 1.165) is 0 Å². The van der Waals surface area contributed by atoms with Crippen LogP contribution in [0.1, 0.15) is 32.6 Å². The average molecular weight is 269 g/mol. The van der Waals surface area contributed by atoms with E-state index in [1.807, 2.05) is 11.6 Å². The molecule has 1 rings (SSSR count). The third kappa shape index (κ3) is 3.12. The molecular weight excluding hydrogens is 252 g/mol. The summed E-state index contributed by atoms with van der Waals surface area (Å²) in [6, 6.07) is 0. The first kappa shape index (κ1) is 14.3. The molecule has 8 heteroatoms. The summed E-state index contributed by atoms with van der Waals surface area (Å²) in [6.07, 6.45) is 1.89.